The van der Waals surface area contributed by atoms with Crippen LogP contribution in [-0.2, 0) is 50.7 Å². The molecule has 276 valence electrons. The number of benzene rings is 3. The minimum atomic E-state index is -3.76. The Morgan fingerprint density at radius 3 is 2.56 bits per heavy atom. The second kappa shape index (κ2) is 13.9. The Hall–Kier alpha value is -4.30. The topological polar surface area (TPSA) is 135 Å². The van der Waals surface area contributed by atoms with Crippen molar-refractivity contribution in [3.63, 3.8) is 0 Å². The Morgan fingerprint density at radius 1 is 1.08 bits per heavy atom. The monoisotopic (exact) mass is 754 g/mol. The first-order chi connectivity index (χ1) is 24.4. The lowest BCUT2D eigenvalue weighted by Crippen LogP contribution is -2.29. The zero-order valence-corrected chi connectivity index (χ0v) is 31.2. The molecule has 0 radical (unpaired) electrons. The molecule has 6 rings (SSSR count). The van der Waals surface area contributed by atoms with Crippen molar-refractivity contribution >= 4 is 37.5 Å². The van der Waals surface area contributed by atoms with Gasteiger partial charge >= 0.3 is 5.97 Å². The molecule has 5 aromatic rings. The SMILES string of the molecule is C[C@H](Cc1cccc([C@@]2(C)CCCC(C)(C)CS(=O)(=O)CCc3c(c(F)c(F)c4[nH]ccc34)S(=O)c3ccc(F)c(c3)-c3nc2nn3C)c1)C(=O)O. The Balaban J connectivity index is 1.54. The lowest BCUT2D eigenvalue weighted by Gasteiger charge is -2.31. The highest BCUT2D eigenvalue weighted by atomic mass is 32.2. The van der Waals surface area contributed by atoms with Crippen LogP contribution in [0.25, 0.3) is 22.3 Å². The molecular formula is C38H41F3N4O5S2. The number of carbonyl (C=O) groups is 1. The van der Waals surface area contributed by atoms with Crippen LogP contribution >= 0.6 is 0 Å². The first-order valence-corrected chi connectivity index (χ1v) is 20.0. The molecule has 1 aliphatic heterocycles. The summed E-state index contributed by atoms with van der Waals surface area (Å²) in [7, 11) is -4.56. The zero-order chi connectivity index (χ0) is 37.7. The average Bonchev–Trinajstić information content (AvgIpc) is 3.72. The normalized spacial score (nSPS) is 21.2. The molecule has 1 unspecified atom stereocenters. The summed E-state index contributed by atoms with van der Waals surface area (Å²) in [5.74, 6) is -4.97. The van der Waals surface area contributed by atoms with Gasteiger partial charge in [0.25, 0.3) is 0 Å². The van der Waals surface area contributed by atoms with Gasteiger partial charge in [-0.05, 0) is 79.0 Å². The van der Waals surface area contributed by atoms with Crippen molar-refractivity contribution in [2.75, 3.05) is 11.5 Å². The molecule has 0 amide bonds. The molecular weight excluding hydrogens is 714 g/mol. The van der Waals surface area contributed by atoms with Gasteiger partial charge in [0, 0.05) is 23.5 Å². The molecule has 0 saturated carbocycles. The summed E-state index contributed by atoms with van der Waals surface area (Å²) in [4.78, 5) is 18.6. The third-order valence-electron chi connectivity index (χ3n) is 10.1. The Bertz CT molecular complexity index is 2340. The van der Waals surface area contributed by atoms with Crippen LogP contribution in [0.3, 0.4) is 0 Å². The van der Waals surface area contributed by atoms with Gasteiger partial charge in [-0.25, -0.2) is 35.5 Å². The van der Waals surface area contributed by atoms with Crippen LogP contribution in [0, 0.1) is 28.8 Å². The second-order valence-corrected chi connectivity index (χ2v) is 18.4. The number of carboxylic acid groups (broad SMARTS) is 1. The fourth-order valence-corrected chi connectivity index (χ4v) is 10.6. The van der Waals surface area contributed by atoms with Crippen molar-refractivity contribution < 1.29 is 35.7 Å². The van der Waals surface area contributed by atoms with E-state index in [1.54, 1.807) is 14.0 Å². The number of nitrogens with zero attached hydrogens (tertiary/aromatic N) is 3. The molecule has 1 aliphatic rings. The number of aromatic amines is 1. The molecule has 52 heavy (non-hydrogen) atoms. The van der Waals surface area contributed by atoms with Crippen molar-refractivity contribution in [3.05, 3.63) is 94.7 Å². The summed E-state index contributed by atoms with van der Waals surface area (Å²) >= 11 is 0. The van der Waals surface area contributed by atoms with E-state index in [9.17, 15) is 22.5 Å². The van der Waals surface area contributed by atoms with E-state index in [0.29, 0.717) is 31.5 Å². The van der Waals surface area contributed by atoms with Crippen LogP contribution in [0.1, 0.15) is 69.5 Å². The number of aryl methyl sites for hydroxylation is 2. The smallest absolute Gasteiger partial charge is 0.306 e. The van der Waals surface area contributed by atoms with E-state index in [2.05, 4.69) is 4.98 Å². The summed E-state index contributed by atoms with van der Waals surface area (Å²) in [5.41, 5.74) is -0.0810. The third kappa shape index (κ3) is 7.19. The number of carboxylic acids is 1. The van der Waals surface area contributed by atoms with Gasteiger partial charge in [0.2, 0.25) is 0 Å². The summed E-state index contributed by atoms with van der Waals surface area (Å²) in [6.07, 6.45) is 3.01. The molecule has 9 nitrogen and oxygen atoms in total. The van der Waals surface area contributed by atoms with Gasteiger partial charge in [-0.15, -0.1) is 0 Å². The minimum absolute atomic E-state index is 0.0384. The second-order valence-electron chi connectivity index (χ2n) is 14.8. The number of halogens is 3. The van der Waals surface area contributed by atoms with Gasteiger partial charge in [0.05, 0.1) is 49.6 Å². The van der Waals surface area contributed by atoms with Gasteiger partial charge < -0.3 is 10.1 Å². The predicted octanol–water partition coefficient (Wildman–Crippen LogP) is 7.28. The highest BCUT2D eigenvalue weighted by Gasteiger charge is 2.37. The number of hydrogen-bond donors (Lipinski definition) is 2. The molecule has 4 bridgehead atoms. The molecule has 3 atom stereocenters. The van der Waals surface area contributed by atoms with Crippen molar-refractivity contribution in [2.24, 2.45) is 18.4 Å². The van der Waals surface area contributed by atoms with Crippen molar-refractivity contribution in [3.8, 4) is 11.4 Å². The van der Waals surface area contributed by atoms with Crippen molar-refractivity contribution in [1.29, 1.82) is 0 Å². The molecule has 0 aliphatic carbocycles. The van der Waals surface area contributed by atoms with Crippen molar-refractivity contribution in [1.82, 2.24) is 19.7 Å². The number of fused-ring (bicyclic) bond motifs is 8. The standard InChI is InChI=1S/C38H41F3N4O5S2/c1-22(35(46)47)18-23-8-6-9-24(19-23)38(4)15-7-14-37(2,3)21-52(49,50)17-13-27-26-12-16-42-32(26)30(40)31(41)33(27)51(48)25-10-11-29(39)28(20-25)34-43-36(38)44-45(34)5/h6,8-12,16,19-20,22,42H,7,13-15,17-18,21H2,1-5H3,(H,46,47)/t22-,38-,51?/m1/s1. The predicted molar refractivity (Wildman–Crippen MR) is 193 cm³/mol. The number of nitrogens with one attached hydrogen (secondary N) is 1. The highest BCUT2D eigenvalue weighted by molar-refractivity contribution is 7.91. The lowest BCUT2D eigenvalue weighted by atomic mass is 9.75. The van der Waals surface area contributed by atoms with Gasteiger partial charge in [-0.1, -0.05) is 51.5 Å². The molecule has 0 saturated heterocycles. The molecule has 14 heteroatoms. The number of aliphatic carboxylic acids is 1. The Morgan fingerprint density at radius 2 is 1.83 bits per heavy atom. The average molecular weight is 755 g/mol. The number of aromatic nitrogens is 4. The van der Waals surface area contributed by atoms with Gasteiger partial charge in [0.1, 0.15) is 5.82 Å². The van der Waals surface area contributed by atoms with E-state index in [1.165, 1.54) is 29.1 Å². The minimum Gasteiger partial charge on any atom is -0.481 e. The van der Waals surface area contributed by atoms with Crippen LogP contribution in [0.15, 0.2) is 64.5 Å². The number of rotatable bonds is 4. The van der Waals surface area contributed by atoms with Crippen LogP contribution in [-0.4, -0.2) is 55.0 Å². The number of sulfone groups is 1. The largest absolute Gasteiger partial charge is 0.481 e. The first kappa shape index (κ1) is 37.5. The fourth-order valence-electron chi connectivity index (χ4n) is 7.26. The van der Waals surface area contributed by atoms with E-state index in [0.717, 1.165) is 17.2 Å². The fraction of sp³-hybridized carbons (Fsp3) is 0.395. The molecule has 2 N–H and O–H groups in total. The molecule has 0 fully saturated rings. The van der Waals surface area contributed by atoms with Gasteiger partial charge in [0.15, 0.2) is 33.1 Å². The number of H-pyrrole nitrogens is 1. The maximum absolute atomic E-state index is 15.9. The van der Waals surface area contributed by atoms with Crippen LogP contribution in [0.5, 0.6) is 0 Å². The summed E-state index contributed by atoms with van der Waals surface area (Å²) < 4.78 is 89.9. The maximum Gasteiger partial charge on any atom is 0.306 e. The first-order valence-electron chi connectivity index (χ1n) is 17.0. The highest BCUT2D eigenvalue weighted by Crippen LogP contribution is 2.40. The Kier molecular flexibility index (Phi) is 10.0. The van der Waals surface area contributed by atoms with Crippen molar-refractivity contribution in [2.45, 2.75) is 75.0 Å². The van der Waals surface area contributed by atoms with E-state index in [-0.39, 0.29) is 44.9 Å². The lowest BCUT2D eigenvalue weighted by molar-refractivity contribution is -0.141. The zero-order valence-electron chi connectivity index (χ0n) is 29.6. The summed E-state index contributed by atoms with van der Waals surface area (Å²) in [5, 5.41) is 14.5. The molecule has 3 heterocycles. The molecule has 3 aromatic carbocycles. The van der Waals surface area contributed by atoms with Crippen LogP contribution < -0.4 is 0 Å². The van der Waals surface area contributed by atoms with E-state index in [1.807, 2.05) is 45.0 Å². The summed E-state index contributed by atoms with van der Waals surface area (Å²) in [6, 6.07) is 12.6. The Labute approximate surface area is 303 Å². The van der Waals surface area contributed by atoms with Crippen LogP contribution in [0.2, 0.25) is 0 Å². The van der Waals surface area contributed by atoms with Gasteiger partial charge in [-0.3, -0.25) is 4.79 Å². The third-order valence-corrected chi connectivity index (χ3v) is 13.7. The maximum atomic E-state index is 15.9. The molecule has 2 aromatic heterocycles. The summed E-state index contributed by atoms with van der Waals surface area (Å²) in [6.45, 7) is 7.31. The number of hydrogen-bond acceptors (Lipinski definition) is 6. The van der Waals surface area contributed by atoms with E-state index >= 15 is 13.2 Å². The quantitative estimate of drug-likeness (QED) is 0.197. The van der Waals surface area contributed by atoms with Gasteiger partial charge in [-0.2, -0.15) is 5.10 Å². The van der Waals surface area contributed by atoms with Crippen LogP contribution in [0.4, 0.5) is 13.2 Å². The van der Waals surface area contributed by atoms with E-state index in [4.69, 9.17) is 10.1 Å². The van der Waals surface area contributed by atoms with E-state index < -0.39 is 71.5 Å². The molecule has 0 spiro atoms.